The number of nitrogens with zero attached hydrogens (tertiary/aromatic N) is 1. The summed E-state index contributed by atoms with van der Waals surface area (Å²) in [6, 6.07) is 10.4. The second-order valence-corrected chi connectivity index (χ2v) is 5.76. The largest absolute Gasteiger partial charge is 0.480 e. The Balaban J connectivity index is 1.42. The van der Waals surface area contributed by atoms with Crippen LogP contribution in [-0.4, -0.2) is 36.0 Å². The number of carbonyl (C=O) groups excluding carboxylic acids is 2. The van der Waals surface area contributed by atoms with Crippen molar-refractivity contribution in [3.8, 4) is 5.75 Å². The molecule has 0 radical (unpaired) electrons. The van der Waals surface area contributed by atoms with Crippen molar-refractivity contribution < 1.29 is 14.3 Å². The molecule has 0 aliphatic carbocycles. The minimum atomic E-state index is -0.565. The minimum absolute atomic E-state index is 0.214. The van der Waals surface area contributed by atoms with Crippen molar-refractivity contribution >= 4 is 23.4 Å². The van der Waals surface area contributed by atoms with Crippen LogP contribution in [0.2, 0.25) is 5.02 Å². The topological polar surface area (TPSA) is 80.3 Å². The van der Waals surface area contributed by atoms with Gasteiger partial charge in [-0.15, -0.1) is 0 Å². The van der Waals surface area contributed by atoms with Gasteiger partial charge in [0.1, 0.15) is 11.4 Å². The van der Waals surface area contributed by atoms with Crippen LogP contribution in [0, 0.1) is 0 Å². The third-order valence-electron chi connectivity index (χ3n) is 3.60. The average molecular weight is 346 g/mol. The van der Waals surface area contributed by atoms with E-state index in [0.717, 1.165) is 5.56 Å². The standard InChI is InChI=1S/C17H16ClN3O3/c18-12-4-5-14-11(9-12)10-15(24-14)17(23)21-8-7-20-16(22)13-3-1-2-6-19-13/h1-6,9,15H,7-8,10H2,(H,20,22)(H,21,23)/t15-/m0/s1. The summed E-state index contributed by atoms with van der Waals surface area (Å²) in [6.07, 6.45) is 1.48. The highest BCUT2D eigenvalue weighted by atomic mass is 35.5. The molecule has 1 aliphatic rings. The van der Waals surface area contributed by atoms with E-state index in [1.165, 1.54) is 0 Å². The lowest BCUT2D eigenvalue weighted by molar-refractivity contribution is -0.127. The predicted octanol–water partition coefficient (Wildman–Crippen LogP) is 1.58. The number of hydrogen-bond acceptors (Lipinski definition) is 4. The summed E-state index contributed by atoms with van der Waals surface area (Å²) < 4.78 is 5.60. The van der Waals surface area contributed by atoms with Gasteiger partial charge in [0, 0.05) is 30.7 Å². The zero-order chi connectivity index (χ0) is 16.9. The number of carbonyl (C=O) groups is 2. The highest BCUT2D eigenvalue weighted by Gasteiger charge is 2.28. The number of aromatic nitrogens is 1. The molecule has 6 nitrogen and oxygen atoms in total. The van der Waals surface area contributed by atoms with E-state index in [4.69, 9.17) is 16.3 Å². The molecule has 0 saturated heterocycles. The summed E-state index contributed by atoms with van der Waals surface area (Å²) in [4.78, 5) is 27.9. The highest BCUT2D eigenvalue weighted by Crippen LogP contribution is 2.30. The molecule has 1 aromatic heterocycles. The van der Waals surface area contributed by atoms with Gasteiger partial charge in [0.25, 0.3) is 11.8 Å². The van der Waals surface area contributed by atoms with E-state index in [1.807, 2.05) is 0 Å². The second-order valence-electron chi connectivity index (χ2n) is 5.32. The second kappa shape index (κ2) is 7.31. The summed E-state index contributed by atoms with van der Waals surface area (Å²) in [6.45, 7) is 0.626. The number of pyridine rings is 1. The van der Waals surface area contributed by atoms with Gasteiger partial charge in [-0.25, -0.2) is 0 Å². The van der Waals surface area contributed by atoms with Crippen molar-refractivity contribution in [3.05, 3.63) is 58.9 Å². The summed E-state index contributed by atoms with van der Waals surface area (Å²) in [5, 5.41) is 6.06. The fourth-order valence-electron chi connectivity index (χ4n) is 2.43. The van der Waals surface area contributed by atoms with Crippen LogP contribution < -0.4 is 15.4 Å². The van der Waals surface area contributed by atoms with E-state index < -0.39 is 6.10 Å². The maximum absolute atomic E-state index is 12.1. The fourth-order valence-corrected chi connectivity index (χ4v) is 2.62. The number of benzene rings is 1. The Morgan fingerprint density at radius 3 is 2.83 bits per heavy atom. The Labute approximate surface area is 144 Å². The number of rotatable bonds is 5. The molecule has 1 aromatic carbocycles. The van der Waals surface area contributed by atoms with Crippen LogP contribution in [-0.2, 0) is 11.2 Å². The molecule has 2 N–H and O–H groups in total. The lowest BCUT2D eigenvalue weighted by Crippen LogP contribution is -2.41. The molecule has 0 unspecified atom stereocenters. The third kappa shape index (κ3) is 3.83. The number of nitrogens with one attached hydrogen (secondary N) is 2. The number of amides is 2. The van der Waals surface area contributed by atoms with Crippen LogP contribution >= 0.6 is 11.6 Å². The number of halogens is 1. The van der Waals surface area contributed by atoms with Crippen molar-refractivity contribution in [1.82, 2.24) is 15.6 Å². The van der Waals surface area contributed by atoms with E-state index >= 15 is 0 Å². The Kier molecular flexibility index (Phi) is 4.96. The van der Waals surface area contributed by atoms with Crippen LogP contribution in [0.5, 0.6) is 5.75 Å². The summed E-state index contributed by atoms with van der Waals surface area (Å²) in [5.74, 6) is 0.196. The van der Waals surface area contributed by atoms with Crippen molar-refractivity contribution in [3.63, 3.8) is 0 Å². The summed E-state index contributed by atoms with van der Waals surface area (Å²) in [7, 11) is 0. The van der Waals surface area contributed by atoms with Crippen LogP contribution in [0.15, 0.2) is 42.6 Å². The maximum Gasteiger partial charge on any atom is 0.269 e. The van der Waals surface area contributed by atoms with Crippen molar-refractivity contribution in [2.24, 2.45) is 0 Å². The SMILES string of the molecule is O=C(NCCNC(=O)[C@@H]1Cc2cc(Cl)ccc2O1)c1ccccn1. The first-order valence-electron chi connectivity index (χ1n) is 7.55. The van der Waals surface area contributed by atoms with Crippen LogP contribution in [0.25, 0.3) is 0 Å². The predicted molar refractivity (Wildman–Crippen MR) is 89.2 cm³/mol. The molecular weight excluding hydrogens is 330 g/mol. The number of fused-ring (bicyclic) bond motifs is 1. The Bertz CT molecular complexity index is 752. The Morgan fingerprint density at radius 2 is 2.04 bits per heavy atom. The maximum atomic E-state index is 12.1. The lowest BCUT2D eigenvalue weighted by Gasteiger charge is -2.11. The molecule has 7 heteroatoms. The van der Waals surface area contributed by atoms with Gasteiger partial charge in [0.2, 0.25) is 0 Å². The zero-order valence-electron chi connectivity index (χ0n) is 12.8. The molecule has 0 spiro atoms. The first-order valence-corrected chi connectivity index (χ1v) is 7.93. The monoisotopic (exact) mass is 345 g/mol. The Morgan fingerprint density at radius 1 is 1.21 bits per heavy atom. The van der Waals surface area contributed by atoms with Crippen LogP contribution in [0.3, 0.4) is 0 Å². The van der Waals surface area contributed by atoms with Gasteiger partial charge >= 0.3 is 0 Å². The first-order chi connectivity index (χ1) is 11.6. The van der Waals surface area contributed by atoms with Gasteiger partial charge in [-0.1, -0.05) is 17.7 Å². The zero-order valence-corrected chi connectivity index (χ0v) is 13.5. The number of ether oxygens (including phenoxy) is 1. The highest BCUT2D eigenvalue weighted by molar-refractivity contribution is 6.30. The molecule has 124 valence electrons. The van der Waals surface area contributed by atoms with Gasteiger partial charge in [-0.05, 0) is 35.9 Å². The number of hydrogen-bond donors (Lipinski definition) is 2. The van der Waals surface area contributed by atoms with Crippen molar-refractivity contribution in [1.29, 1.82) is 0 Å². The van der Waals surface area contributed by atoms with E-state index in [1.54, 1.807) is 42.6 Å². The van der Waals surface area contributed by atoms with E-state index in [-0.39, 0.29) is 11.8 Å². The van der Waals surface area contributed by atoms with Gasteiger partial charge in [0.15, 0.2) is 6.10 Å². The van der Waals surface area contributed by atoms with E-state index in [2.05, 4.69) is 15.6 Å². The van der Waals surface area contributed by atoms with Gasteiger partial charge in [0.05, 0.1) is 0 Å². The molecule has 2 amide bonds. The van der Waals surface area contributed by atoms with Crippen LogP contribution in [0.1, 0.15) is 16.1 Å². The molecule has 3 rings (SSSR count). The smallest absolute Gasteiger partial charge is 0.269 e. The van der Waals surface area contributed by atoms with Gasteiger partial charge in [-0.3, -0.25) is 14.6 Å². The summed E-state index contributed by atoms with van der Waals surface area (Å²) >= 11 is 5.93. The van der Waals surface area contributed by atoms with E-state index in [0.29, 0.717) is 36.0 Å². The quantitative estimate of drug-likeness (QED) is 0.806. The van der Waals surface area contributed by atoms with Gasteiger partial charge in [-0.2, -0.15) is 0 Å². The van der Waals surface area contributed by atoms with E-state index in [9.17, 15) is 9.59 Å². The molecule has 24 heavy (non-hydrogen) atoms. The Hall–Kier alpha value is -2.60. The van der Waals surface area contributed by atoms with Gasteiger partial charge < -0.3 is 15.4 Å². The summed E-state index contributed by atoms with van der Waals surface area (Å²) in [5.41, 5.74) is 1.27. The molecule has 1 atom stereocenters. The van der Waals surface area contributed by atoms with Crippen molar-refractivity contribution in [2.75, 3.05) is 13.1 Å². The molecule has 2 aromatic rings. The molecule has 0 bridgehead atoms. The van der Waals surface area contributed by atoms with Crippen molar-refractivity contribution in [2.45, 2.75) is 12.5 Å². The lowest BCUT2D eigenvalue weighted by atomic mass is 10.1. The minimum Gasteiger partial charge on any atom is -0.480 e. The molecule has 0 fully saturated rings. The fraction of sp³-hybridized carbons (Fsp3) is 0.235. The first kappa shape index (κ1) is 16.3. The average Bonchev–Trinajstić information content (AvgIpc) is 3.02. The molecular formula is C17H16ClN3O3. The third-order valence-corrected chi connectivity index (χ3v) is 3.83. The normalized spacial score (nSPS) is 15.3. The molecule has 1 aliphatic heterocycles. The van der Waals surface area contributed by atoms with Crippen LogP contribution in [0.4, 0.5) is 0 Å². The molecule has 2 heterocycles. The molecule has 0 saturated carbocycles.